The van der Waals surface area contributed by atoms with E-state index in [1.165, 1.54) is 0 Å². The third-order valence-corrected chi connectivity index (χ3v) is 6.80. The van der Waals surface area contributed by atoms with E-state index in [4.69, 9.17) is 9.47 Å². The zero-order valence-electron chi connectivity index (χ0n) is 22.4. The summed E-state index contributed by atoms with van der Waals surface area (Å²) in [6.07, 6.45) is 0.682. The molecular formula is C29H36N4O5. The van der Waals surface area contributed by atoms with E-state index in [0.717, 1.165) is 5.56 Å². The number of nitrogens with one attached hydrogen (secondary N) is 2. The molecule has 4 amide bonds. The summed E-state index contributed by atoms with van der Waals surface area (Å²) in [7, 11) is 1.62. The Hall–Kier alpha value is -3.85. The molecule has 38 heavy (non-hydrogen) atoms. The third-order valence-electron chi connectivity index (χ3n) is 6.80. The van der Waals surface area contributed by atoms with Gasteiger partial charge in [-0.15, -0.1) is 0 Å². The van der Waals surface area contributed by atoms with E-state index >= 15 is 0 Å². The lowest BCUT2D eigenvalue weighted by Gasteiger charge is -2.33. The number of hydrogen-bond acceptors (Lipinski definition) is 5. The number of para-hydroxylation sites is 1. The number of methoxy groups -OCH3 is 1. The number of rotatable bonds is 11. The van der Waals surface area contributed by atoms with E-state index in [2.05, 4.69) is 10.6 Å². The molecule has 0 saturated carbocycles. The molecule has 9 nitrogen and oxygen atoms in total. The maximum Gasteiger partial charge on any atom is 0.322 e. The average molecular weight is 521 g/mol. The van der Waals surface area contributed by atoms with Gasteiger partial charge in [0.25, 0.3) is 5.91 Å². The number of carbonyl (C=O) groups is 3. The Labute approximate surface area is 223 Å². The van der Waals surface area contributed by atoms with Gasteiger partial charge in [-0.25, -0.2) is 4.79 Å². The second-order valence-electron chi connectivity index (χ2n) is 9.73. The van der Waals surface area contributed by atoms with E-state index in [9.17, 15) is 14.4 Å². The van der Waals surface area contributed by atoms with Gasteiger partial charge >= 0.3 is 6.03 Å². The zero-order chi connectivity index (χ0) is 27.2. The molecule has 2 aromatic carbocycles. The van der Waals surface area contributed by atoms with Crippen molar-refractivity contribution in [3.05, 3.63) is 71.4 Å². The Morgan fingerprint density at radius 1 is 1.11 bits per heavy atom. The molecule has 2 atom stereocenters. The number of carbonyl (C=O) groups excluding carboxylic acids is 3. The first-order valence-corrected chi connectivity index (χ1v) is 13.1. The molecule has 9 heteroatoms. The van der Waals surface area contributed by atoms with Gasteiger partial charge in [0.2, 0.25) is 5.91 Å². The molecule has 0 radical (unpaired) electrons. The number of ether oxygens (including phenoxy) is 2. The van der Waals surface area contributed by atoms with Crippen molar-refractivity contribution in [1.29, 1.82) is 0 Å². The maximum atomic E-state index is 14.0. The summed E-state index contributed by atoms with van der Waals surface area (Å²) in [6, 6.07) is 15.2. The van der Waals surface area contributed by atoms with Crippen LogP contribution >= 0.6 is 0 Å². The van der Waals surface area contributed by atoms with Gasteiger partial charge in [0.1, 0.15) is 17.5 Å². The molecule has 0 saturated heterocycles. The molecule has 2 unspecified atom stereocenters. The number of urea groups is 1. The van der Waals surface area contributed by atoms with E-state index < -0.39 is 12.1 Å². The number of benzene rings is 2. The van der Waals surface area contributed by atoms with Gasteiger partial charge < -0.3 is 25.0 Å². The van der Waals surface area contributed by atoms with E-state index in [1.54, 1.807) is 16.9 Å². The summed E-state index contributed by atoms with van der Waals surface area (Å²) in [4.78, 5) is 43.4. The van der Waals surface area contributed by atoms with Crippen molar-refractivity contribution in [1.82, 2.24) is 20.4 Å². The average Bonchev–Trinajstić information content (AvgIpc) is 3.23. The Morgan fingerprint density at radius 3 is 2.53 bits per heavy atom. The van der Waals surface area contributed by atoms with Crippen LogP contribution in [0.2, 0.25) is 0 Å². The molecule has 2 aliphatic heterocycles. The lowest BCUT2D eigenvalue weighted by molar-refractivity contribution is -0.138. The minimum Gasteiger partial charge on any atom is -0.457 e. The molecule has 0 bridgehead atoms. The monoisotopic (exact) mass is 520 g/mol. The number of likely N-dealkylation sites (N-methyl/N-ethyl adjacent to an activating group) is 1. The Kier molecular flexibility index (Phi) is 8.68. The van der Waals surface area contributed by atoms with E-state index in [-0.39, 0.29) is 30.3 Å². The van der Waals surface area contributed by atoms with Crippen LogP contribution in [0.3, 0.4) is 0 Å². The second-order valence-corrected chi connectivity index (χ2v) is 9.73. The number of amides is 4. The van der Waals surface area contributed by atoms with Crippen molar-refractivity contribution in [2.45, 2.75) is 39.3 Å². The van der Waals surface area contributed by atoms with Gasteiger partial charge in [0.15, 0.2) is 0 Å². The van der Waals surface area contributed by atoms with Crippen LogP contribution < -0.4 is 15.4 Å². The summed E-state index contributed by atoms with van der Waals surface area (Å²) in [5.74, 6) is 0.710. The highest BCUT2D eigenvalue weighted by Crippen LogP contribution is 2.38. The minimum atomic E-state index is -0.669. The Morgan fingerprint density at radius 2 is 1.84 bits per heavy atom. The molecule has 4 rings (SSSR count). The first-order valence-electron chi connectivity index (χ1n) is 13.1. The van der Waals surface area contributed by atoms with E-state index in [1.807, 2.05) is 75.4 Å². The summed E-state index contributed by atoms with van der Waals surface area (Å²) in [5, 5.41) is 5.95. The Balaban J connectivity index is 1.63. The van der Waals surface area contributed by atoms with Crippen LogP contribution in [0, 0.1) is 5.92 Å². The molecule has 0 aliphatic carbocycles. The first kappa shape index (κ1) is 27.2. The van der Waals surface area contributed by atoms with Gasteiger partial charge in [-0.1, -0.05) is 44.2 Å². The highest BCUT2D eigenvalue weighted by molar-refractivity contribution is 6.03. The van der Waals surface area contributed by atoms with Crippen molar-refractivity contribution in [3.63, 3.8) is 0 Å². The largest absolute Gasteiger partial charge is 0.457 e. The fourth-order valence-corrected chi connectivity index (χ4v) is 5.04. The molecule has 2 aliphatic rings. The standard InChI is InChI=1S/C29H36N4O5/c1-5-32-23-18-33(26(19(2)3)27(34)30-15-10-16-37-4)28(35)24(23)25(31-29(32)36)20-11-9-14-22(17-20)38-21-12-7-6-8-13-21/h6-9,11-14,17,19,25-26H,5,10,15-16,18H2,1-4H3,(H,30,34)(H,31,36). The van der Waals surface area contributed by atoms with Crippen LogP contribution in [0.15, 0.2) is 65.9 Å². The summed E-state index contributed by atoms with van der Waals surface area (Å²) in [5.41, 5.74) is 1.86. The van der Waals surface area contributed by atoms with Gasteiger partial charge in [-0.05, 0) is 49.1 Å². The molecule has 2 N–H and O–H groups in total. The topological polar surface area (TPSA) is 100 Å². The first-order chi connectivity index (χ1) is 18.3. The normalized spacial score (nSPS) is 18.0. The number of nitrogens with zero attached hydrogens (tertiary/aromatic N) is 2. The predicted molar refractivity (Wildman–Crippen MR) is 143 cm³/mol. The minimum absolute atomic E-state index is 0.123. The fourth-order valence-electron chi connectivity index (χ4n) is 5.04. The highest BCUT2D eigenvalue weighted by atomic mass is 16.5. The van der Waals surface area contributed by atoms with Crippen LogP contribution in [-0.2, 0) is 14.3 Å². The van der Waals surface area contributed by atoms with Crippen LogP contribution in [0.1, 0.15) is 38.8 Å². The van der Waals surface area contributed by atoms with Crippen LogP contribution in [0.5, 0.6) is 11.5 Å². The van der Waals surface area contributed by atoms with Crippen LogP contribution in [-0.4, -0.2) is 67.0 Å². The maximum absolute atomic E-state index is 14.0. The van der Waals surface area contributed by atoms with Gasteiger partial charge in [-0.3, -0.25) is 14.5 Å². The zero-order valence-corrected chi connectivity index (χ0v) is 22.4. The van der Waals surface area contributed by atoms with Gasteiger partial charge in [0, 0.05) is 26.8 Å². The summed E-state index contributed by atoms with van der Waals surface area (Å²) >= 11 is 0. The lowest BCUT2D eigenvalue weighted by Crippen LogP contribution is -2.51. The second kappa shape index (κ2) is 12.1. The quantitative estimate of drug-likeness (QED) is 0.439. The van der Waals surface area contributed by atoms with Crippen molar-refractivity contribution in [2.24, 2.45) is 5.92 Å². The van der Waals surface area contributed by atoms with Gasteiger partial charge in [-0.2, -0.15) is 0 Å². The fraction of sp³-hybridized carbons (Fsp3) is 0.414. The molecular weight excluding hydrogens is 484 g/mol. The van der Waals surface area contributed by atoms with Crippen molar-refractivity contribution < 1.29 is 23.9 Å². The van der Waals surface area contributed by atoms with Gasteiger partial charge in [0.05, 0.1) is 23.9 Å². The third kappa shape index (κ3) is 5.67. The molecule has 2 aromatic rings. The van der Waals surface area contributed by atoms with Crippen molar-refractivity contribution in [2.75, 3.05) is 33.4 Å². The molecule has 202 valence electrons. The molecule has 0 fully saturated rings. The van der Waals surface area contributed by atoms with Crippen molar-refractivity contribution >= 4 is 17.8 Å². The lowest BCUT2D eigenvalue weighted by atomic mass is 9.95. The predicted octanol–water partition coefficient (Wildman–Crippen LogP) is 3.84. The highest BCUT2D eigenvalue weighted by Gasteiger charge is 2.47. The Bertz CT molecular complexity index is 1200. The molecule has 2 heterocycles. The van der Waals surface area contributed by atoms with E-state index in [0.29, 0.717) is 48.9 Å². The molecule has 0 aromatic heterocycles. The van der Waals surface area contributed by atoms with Crippen LogP contribution in [0.4, 0.5) is 4.79 Å². The van der Waals surface area contributed by atoms with Crippen molar-refractivity contribution in [3.8, 4) is 11.5 Å². The smallest absolute Gasteiger partial charge is 0.322 e. The SMILES string of the molecule is CCN1C(=O)NC(c2cccc(Oc3ccccc3)c2)C2=C1CN(C(C(=O)NCCCOC)C(C)C)C2=O. The summed E-state index contributed by atoms with van der Waals surface area (Å²) < 4.78 is 11.1. The summed E-state index contributed by atoms with van der Waals surface area (Å²) in [6.45, 7) is 7.32. The molecule has 0 spiro atoms. The van der Waals surface area contributed by atoms with Crippen LogP contribution in [0.25, 0.3) is 0 Å². The number of hydrogen-bond donors (Lipinski definition) is 2.